The summed E-state index contributed by atoms with van der Waals surface area (Å²) in [6.45, 7) is 0. The minimum atomic E-state index is -4.01. The molecule has 20 heavy (non-hydrogen) atoms. The Balaban J connectivity index is 2.46. The predicted octanol–water partition coefficient (Wildman–Crippen LogP) is 3.62. The largest absolute Gasteiger partial charge is 0.399 e. The van der Waals surface area contributed by atoms with Gasteiger partial charge in [-0.05, 0) is 52.3 Å². The van der Waals surface area contributed by atoms with E-state index in [2.05, 4.69) is 20.7 Å². The molecule has 0 saturated heterocycles. The molecular weight excluding hydrogens is 371 g/mol. The van der Waals surface area contributed by atoms with Crippen molar-refractivity contribution in [3.05, 3.63) is 51.7 Å². The van der Waals surface area contributed by atoms with E-state index in [-0.39, 0.29) is 15.6 Å². The number of hydrogen-bond acceptors (Lipinski definition) is 3. The van der Waals surface area contributed by atoms with Crippen molar-refractivity contribution in [1.82, 2.24) is 0 Å². The number of rotatable bonds is 3. The summed E-state index contributed by atoms with van der Waals surface area (Å²) in [6, 6.07) is 7.76. The first-order valence-corrected chi connectivity index (χ1v) is 7.98. The number of hydrogen-bond donors (Lipinski definition) is 2. The SMILES string of the molecule is Nc1ccc(Br)c(NS(=O)(=O)c2cc(F)ccc2Cl)c1. The fourth-order valence-electron chi connectivity index (χ4n) is 1.50. The Labute approximate surface area is 128 Å². The third-order valence-corrected chi connectivity index (χ3v) is 4.96. The van der Waals surface area contributed by atoms with E-state index in [1.165, 1.54) is 12.1 Å². The van der Waals surface area contributed by atoms with Crippen LogP contribution < -0.4 is 10.5 Å². The molecule has 0 fully saturated rings. The van der Waals surface area contributed by atoms with E-state index in [1.807, 2.05) is 0 Å². The van der Waals surface area contributed by atoms with Crippen molar-refractivity contribution >= 4 is 48.9 Å². The smallest absolute Gasteiger partial charge is 0.263 e. The van der Waals surface area contributed by atoms with Crippen LogP contribution in [-0.4, -0.2) is 8.42 Å². The van der Waals surface area contributed by atoms with Gasteiger partial charge in [-0.2, -0.15) is 0 Å². The lowest BCUT2D eigenvalue weighted by Crippen LogP contribution is -2.14. The summed E-state index contributed by atoms with van der Waals surface area (Å²) in [5.74, 6) is -0.693. The maximum absolute atomic E-state index is 13.2. The van der Waals surface area contributed by atoms with Gasteiger partial charge >= 0.3 is 0 Å². The lowest BCUT2D eigenvalue weighted by Gasteiger charge is -2.11. The van der Waals surface area contributed by atoms with E-state index in [1.54, 1.807) is 12.1 Å². The molecule has 0 spiro atoms. The normalized spacial score (nSPS) is 11.3. The molecule has 106 valence electrons. The number of benzene rings is 2. The van der Waals surface area contributed by atoms with Gasteiger partial charge in [0.15, 0.2) is 0 Å². The number of nitrogens with one attached hydrogen (secondary N) is 1. The first-order valence-electron chi connectivity index (χ1n) is 5.32. The Morgan fingerprint density at radius 3 is 2.60 bits per heavy atom. The van der Waals surface area contributed by atoms with Gasteiger partial charge in [0.2, 0.25) is 0 Å². The molecule has 0 aromatic heterocycles. The summed E-state index contributed by atoms with van der Waals surface area (Å²) < 4.78 is 40.4. The summed E-state index contributed by atoms with van der Waals surface area (Å²) in [7, 11) is -4.01. The van der Waals surface area contributed by atoms with Crippen LogP contribution >= 0.6 is 27.5 Å². The number of sulfonamides is 1. The molecule has 0 unspecified atom stereocenters. The van der Waals surface area contributed by atoms with Crippen molar-refractivity contribution in [3.63, 3.8) is 0 Å². The Kier molecular flexibility index (Phi) is 4.22. The van der Waals surface area contributed by atoms with Crippen molar-refractivity contribution in [3.8, 4) is 0 Å². The first-order chi connectivity index (χ1) is 9.29. The molecule has 2 aromatic rings. The Morgan fingerprint density at radius 1 is 1.20 bits per heavy atom. The fraction of sp³-hybridized carbons (Fsp3) is 0. The molecule has 3 N–H and O–H groups in total. The second kappa shape index (κ2) is 5.59. The Morgan fingerprint density at radius 2 is 1.90 bits per heavy atom. The zero-order valence-electron chi connectivity index (χ0n) is 9.90. The third-order valence-electron chi connectivity index (χ3n) is 2.42. The topological polar surface area (TPSA) is 72.2 Å². The number of anilines is 2. The lowest BCUT2D eigenvalue weighted by atomic mass is 10.3. The van der Waals surface area contributed by atoms with Crippen LogP contribution in [0.1, 0.15) is 0 Å². The Bertz CT molecular complexity index is 768. The number of halogens is 3. The van der Waals surface area contributed by atoms with Crippen LogP contribution in [0.15, 0.2) is 45.8 Å². The minimum absolute atomic E-state index is 0.0704. The van der Waals surface area contributed by atoms with E-state index >= 15 is 0 Å². The van der Waals surface area contributed by atoms with Gasteiger partial charge in [0.05, 0.1) is 10.7 Å². The first kappa shape index (κ1) is 15.1. The fourth-order valence-corrected chi connectivity index (χ4v) is 3.56. The molecule has 0 aliphatic carbocycles. The van der Waals surface area contributed by atoms with Crippen LogP contribution in [0.2, 0.25) is 5.02 Å². The van der Waals surface area contributed by atoms with Crippen LogP contribution in [0.3, 0.4) is 0 Å². The highest BCUT2D eigenvalue weighted by molar-refractivity contribution is 9.10. The highest BCUT2D eigenvalue weighted by atomic mass is 79.9. The highest BCUT2D eigenvalue weighted by Crippen LogP contribution is 2.29. The summed E-state index contributed by atoms with van der Waals surface area (Å²) >= 11 is 8.99. The number of nitrogen functional groups attached to an aromatic ring is 1. The quantitative estimate of drug-likeness (QED) is 0.800. The van der Waals surface area contributed by atoms with E-state index in [4.69, 9.17) is 17.3 Å². The molecule has 0 aliphatic heterocycles. The summed E-state index contributed by atoms with van der Waals surface area (Å²) in [4.78, 5) is -0.339. The van der Waals surface area contributed by atoms with Gasteiger partial charge in [-0.15, -0.1) is 0 Å². The van der Waals surface area contributed by atoms with Gasteiger partial charge in [0.1, 0.15) is 10.7 Å². The molecule has 0 heterocycles. The molecule has 0 atom stereocenters. The maximum Gasteiger partial charge on any atom is 0.263 e. The van der Waals surface area contributed by atoms with Gasteiger partial charge in [0, 0.05) is 10.2 Å². The van der Waals surface area contributed by atoms with Gasteiger partial charge in [0.25, 0.3) is 10.0 Å². The van der Waals surface area contributed by atoms with Crippen molar-refractivity contribution < 1.29 is 12.8 Å². The Hall–Kier alpha value is -1.31. The van der Waals surface area contributed by atoms with Gasteiger partial charge in [-0.3, -0.25) is 4.72 Å². The zero-order valence-corrected chi connectivity index (χ0v) is 13.1. The zero-order chi connectivity index (χ0) is 14.9. The van der Waals surface area contributed by atoms with Crippen molar-refractivity contribution in [2.24, 2.45) is 0 Å². The monoisotopic (exact) mass is 378 g/mol. The molecule has 0 saturated carbocycles. The highest BCUT2D eigenvalue weighted by Gasteiger charge is 2.20. The van der Waals surface area contributed by atoms with Crippen LogP contribution in [0.5, 0.6) is 0 Å². The molecule has 0 aliphatic rings. The van der Waals surface area contributed by atoms with Crippen LogP contribution in [-0.2, 0) is 10.0 Å². The molecule has 0 amide bonds. The molecule has 4 nitrogen and oxygen atoms in total. The maximum atomic E-state index is 13.2. The lowest BCUT2D eigenvalue weighted by molar-refractivity contribution is 0.595. The average molecular weight is 380 g/mol. The third kappa shape index (κ3) is 3.23. The van der Waals surface area contributed by atoms with E-state index < -0.39 is 15.8 Å². The summed E-state index contributed by atoms with van der Waals surface area (Å²) in [5, 5.41) is -0.0704. The summed E-state index contributed by atoms with van der Waals surface area (Å²) in [6.07, 6.45) is 0. The van der Waals surface area contributed by atoms with E-state index in [0.29, 0.717) is 10.2 Å². The molecular formula is C12H9BrClFN2O2S. The van der Waals surface area contributed by atoms with Crippen LogP contribution in [0.4, 0.5) is 15.8 Å². The van der Waals surface area contributed by atoms with Crippen LogP contribution in [0.25, 0.3) is 0 Å². The molecule has 0 bridgehead atoms. The second-order valence-electron chi connectivity index (χ2n) is 3.92. The van der Waals surface area contributed by atoms with E-state index in [9.17, 15) is 12.8 Å². The average Bonchev–Trinajstić information content (AvgIpc) is 2.36. The minimum Gasteiger partial charge on any atom is -0.399 e. The van der Waals surface area contributed by atoms with E-state index in [0.717, 1.165) is 12.1 Å². The van der Waals surface area contributed by atoms with Crippen molar-refractivity contribution in [2.75, 3.05) is 10.5 Å². The molecule has 2 aromatic carbocycles. The van der Waals surface area contributed by atoms with Gasteiger partial charge in [-0.25, -0.2) is 12.8 Å². The standard InChI is InChI=1S/C12H9BrClFN2O2S/c13-9-3-2-8(16)6-11(9)17-20(18,19)12-5-7(15)1-4-10(12)14/h1-6,17H,16H2. The molecule has 8 heteroatoms. The van der Waals surface area contributed by atoms with Crippen LogP contribution in [0, 0.1) is 5.82 Å². The molecule has 2 rings (SSSR count). The van der Waals surface area contributed by atoms with Crippen molar-refractivity contribution in [2.45, 2.75) is 4.90 Å². The van der Waals surface area contributed by atoms with Gasteiger partial charge < -0.3 is 5.73 Å². The van der Waals surface area contributed by atoms with Gasteiger partial charge in [-0.1, -0.05) is 11.6 Å². The number of nitrogens with two attached hydrogens (primary N) is 1. The summed E-state index contributed by atoms with van der Waals surface area (Å²) in [5.41, 5.74) is 6.22. The predicted molar refractivity (Wildman–Crippen MR) is 80.8 cm³/mol. The molecule has 0 radical (unpaired) electrons. The second-order valence-corrected chi connectivity index (χ2v) is 6.83. The van der Waals surface area contributed by atoms with Crippen molar-refractivity contribution in [1.29, 1.82) is 0 Å².